The Hall–Kier alpha value is -2.18. The summed E-state index contributed by atoms with van der Waals surface area (Å²) in [5.74, 6) is -0.537. The summed E-state index contributed by atoms with van der Waals surface area (Å²) in [6, 6.07) is 15.0. The average molecular weight is 375 g/mol. The van der Waals surface area contributed by atoms with Gasteiger partial charge in [0.05, 0.1) is 10.9 Å². The summed E-state index contributed by atoms with van der Waals surface area (Å²) in [6.07, 6.45) is 0. The average Bonchev–Trinajstić information content (AvgIpc) is 2.60. The third-order valence-electron chi connectivity index (χ3n) is 4.22. The van der Waals surface area contributed by atoms with Gasteiger partial charge in [-0.1, -0.05) is 61.9 Å². The van der Waals surface area contributed by atoms with Crippen molar-refractivity contribution in [1.29, 1.82) is 0 Å². The fraction of sp³-hybridized carbons (Fsp3) is 0.350. The van der Waals surface area contributed by atoms with Gasteiger partial charge in [-0.15, -0.1) is 0 Å². The lowest BCUT2D eigenvalue weighted by atomic mass is 10.0. The summed E-state index contributed by atoms with van der Waals surface area (Å²) in [4.78, 5) is 12.8. The Labute approximate surface area is 155 Å². The first-order valence-electron chi connectivity index (χ1n) is 8.65. The molecule has 0 saturated carbocycles. The Kier molecular flexibility index (Phi) is 6.56. The van der Waals surface area contributed by atoms with Crippen LogP contribution in [-0.4, -0.2) is 20.4 Å². The molecule has 2 aromatic carbocycles. The van der Waals surface area contributed by atoms with Crippen molar-refractivity contribution < 1.29 is 13.2 Å². The molecule has 0 saturated heterocycles. The molecule has 0 fully saturated rings. The van der Waals surface area contributed by atoms with Gasteiger partial charge < -0.3 is 5.32 Å². The normalized spacial score (nSPS) is 14.0. The molecule has 0 aliphatic carbocycles. The number of nitrogens with one attached hydrogen (secondary N) is 2. The summed E-state index contributed by atoms with van der Waals surface area (Å²) in [5.41, 5.74) is 1.93. The van der Waals surface area contributed by atoms with Crippen molar-refractivity contribution in [2.24, 2.45) is 5.92 Å². The Morgan fingerprint density at radius 1 is 0.923 bits per heavy atom. The van der Waals surface area contributed by atoms with E-state index in [4.69, 9.17) is 0 Å². The van der Waals surface area contributed by atoms with Gasteiger partial charge in [-0.2, -0.15) is 4.72 Å². The molecule has 26 heavy (non-hydrogen) atoms. The lowest BCUT2D eigenvalue weighted by Gasteiger charge is -2.24. The zero-order valence-corrected chi connectivity index (χ0v) is 16.4. The number of carbonyl (C=O) groups is 1. The number of carbonyl (C=O) groups excluding carboxylic acids is 1. The summed E-state index contributed by atoms with van der Waals surface area (Å²) in [5, 5.41) is 2.89. The number of hydrogen-bond acceptors (Lipinski definition) is 3. The molecule has 0 heterocycles. The van der Waals surface area contributed by atoms with Crippen LogP contribution in [0.4, 0.5) is 0 Å². The van der Waals surface area contributed by atoms with Gasteiger partial charge >= 0.3 is 0 Å². The van der Waals surface area contributed by atoms with Gasteiger partial charge in [0.15, 0.2) is 0 Å². The van der Waals surface area contributed by atoms with E-state index in [0.717, 1.165) is 11.1 Å². The Morgan fingerprint density at radius 3 is 2.04 bits per heavy atom. The highest BCUT2D eigenvalue weighted by Gasteiger charge is 2.29. The van der Waals surface area contributed by atoms with Gasteiger partial charge in [0.1, 0.15) is 6.04 Å². The number of rotatable bonds is 7. The Bertz CT molecular complexity index is 831. The van der Waals surface area contributed by atoms with Crippen LogP contribution < -0.4 is 10.0 Å². The molecular weight excluding hydrogens is 348 g/mol. The lowest BCUT2D eigenvalue weighted by molar-refractivity contribution is -0.124. The molecule has 0 aliphatic rings. The predicted octanol–water partition coefficient (Wildman–Crippen LogP) is 3.18. The highest BCUT2D eigenvalue weighted by atomic mass is 32.2. The van der Waals surface area contributed by atoms with Crippen LogP contribution in [0.1, 0.15) is 37.9 Å². The van der Waals surface area contributed by atoms with Gasteiger partial charge in [-0.25, -0.2) is 8.42 Å². The second-order valence-electron chi connectivity index (χ2n) is 6.80. The Morgan fingerprint density at radius 2 is 1.50 bits per heavy atom. The molecule has 2 aromatic rings. The van der Waals surface area contributed by atoms with Crippen LogP contribution in [-0.2, 0) is 14.8 Å². The fourth-order valence-electron chi connectivity index (χ4n) is 2.57. The standard InChI is InChI=1S/C20H26N2O3S/c1-14(2)19(20(23)21-16(4)17-8-6-5-7-9-17)22-26(24,25)18-12-10-15(3)11-13-18/h5-14,16,19,22H,1-4H3,(H,21,23)/t16-,19+/m0/s1. The van der Waals surface area contributed by atoms with E-state index in [2.05, 4.69) is 10.0 Å². The van der Waals surface area contributed by atoms with E-state index in [1.54, 1.807) is 24.3 Å². The summed E-state index contributed by atoms with van der Waals surface area (Å²) < 4.78 is 27.8. The maximum absolute atomic E-state index is 12.7. The zero-order valence-electron chi connectivity index (χ0n) is 15.6. The van der Waals surface area contributed by atoms with E-state index in [0.29, 0.717) is 0 Å². The van der Waals surface area contributed by atoms with E-state index >= 15 is 0 Å². The number of sulfonamides is 1. The SMILES string of the molecule is Cc1ccc(S(=O)(=O)N[C@@H](C(=O)N[C@@H](C)c2ccccc2)C(C)C)cc1. The topological polar surface area (TPSA) is 75.3 Å². The second kappa shape index (κ2) is 8.47. The molecule has 0 unspecified atom stereocenters. The second-order valence-corrected chi connectivity index (χ2v) is 8.51. The largest absolute Gasteiger partial charge is 0.348 e. The number of amides is 1. The molecule has 6 heteroatoms. The molecular formula is C20H26N2O3S. The van der Waals surface area contributed by atoms with Gasteiger partial charge in [0.25, 0.3) is 0 Å². The molecule has 140 valence electrons. The van der Waals surface area contributed by atoms with Crippen LogP contribution in [0.15, 0.2) is 59.5 Å². The molecule has 0 aromatic heterocycles. The molecule has 2 rings (SSSR count). The molecule has 0 bridgehead atoms. The van der Waals surface area contributed by atoms with Crippen LogP contribution >= 0.6 is 0 Å². The van der Waals surface area contributed by atoms with Crippen molar-refractivity contribution in [3.05, 3.63) is 65.7 Å². The van der Waals surface area contributed by atoms with Crippen molar-refractivity contribution in [1.82, 2.24) is 10.0 Å². The van der Waals surface area contributed by atoms with E-state index < -0.39 is 16.1 Å². The highest BCUT2D eigenvalue weighted by Crippen LogP contribution is 2.15. The predicted molar refractivity (Wildman–Crippen MR) is 103 cm³/mol. The zero-order chi connectivity index (χ0) is 19.3. The van der Waals surface area contributed by atoms with E-state index in [1.807, 2.05) is 58.0 Å². The van der Waals surface area contributed by atoms with Crippen LogP contribution in [0.3, 0.4) is 0 Å². The number of hydrogen-bond donors (Lipinski definition) is 2. The minimum absolute atomic E-state index is 0.151. The molecule has 5 nitrogen and oxygen atoms in total. The van der Waals surface area contributed by atoms with Gasteiger partial charge in [0, 0.05) is 0 Å². The molecule has 2 N–H and O–H groups in total. The smallest absolute Gasteiger partial charge is 0.241 e. The van der Waals surface area contributed by atoms with E-state index in [-0.39, 0.29) is 22.8 Å². The van der Waals surface area contributed by atoms with Gasteiger partial charge in [-0.05, 0) is 37.5 Å². The first-order valence-corrected chi connectivity index (χ1v) is 10.1. The quantitative estimate of drug-likeness (QED) is 0.782. The van der Waals surface area contributed by atoms with Crippen molar-refractivity contribution in [3.63, 3.8) is 0 Å². The number of aryl methyl sites for hydroxylation is 1. The first kappa shape index (κ1) is 20.1. The van der Waals surface area contributed by atoms with Crippen molar-refractivity contribution >= 4 is 15.9 Å². The van der Waals surface area contributed by atoms with Crippen LogP contribution in [0.5, 0.6) is 0 Å². The highest BCUT2D eigenvalue weighted by molar-refractivity contribution is 7.89. The number of benzene rings is 2. The minimum atomic E-state index is -3.78. The Balaban J connectivity index is 2.15. The maximum Gasteiger partial charge on any atom is 0.241 e. The van der Waals surface area contributed by atoms with E-state index in [1.165, 1.54) is 0 Å². The van der Waals surface area contributed by atoms with Gasteiger partial charge in [0.2, 0.25) is 15.9 Å². The maximum atomic E-state index is 12.7. The van der Waals surface area contributed by atoms with Crippen molar-refractivity contribution in [3.8, 4) is 0 Å². The first-order chi connectivity index (χ1) is 12.2. The van der Waals surface area contributed by atoms with E-state index in [9.17, 15) is 13.2 Å². The molecule has 2 atom stereocenters. The summed E-state index contributed by atoms with van der Waals surface area (Å²) >= 11 is 0. The lowest BCUT2D eigenvalue weighted by Crippen LogP contribution is -2.50. The third kappa shape index (κ3) is 5.16. The summed E-state index contributed by atoms with van der Waals surface area (Å²) in [6.45, 7) is 7.39. The molecule has 0 spiro atoms. The molecule has 1 amide bonds. The van der Waals surface area contributed by atoms with Crippen molar-refractivity contribution in [2.75, 3.05) is 0 Å². The minimum Gasteiger partial charge on any atom is -0.348 e. The molecule has 0 radical (unpaired) electrons. The van der Waals surface area contributed by atoms with Crippen LogP contribution in [0.25, 0.3) is 0 Å². The van der Waals surface area contributed by atoms with Crippen LogP contribution in [0.2, 0.25) is 0 Å². The van der Waals surface area contributed by atoms with Gasteiger partial charge in [-0.3, -0.25) is 4.79 Å². The molecule has 0 aliphatic heterocycles. The summed E-state index contributed by atoms with van der Waals surface area (Å²) in [7, 11) is -3.78. The van der Waals surface area contributed by atoms with Crippen molar-refractivity contribution in [2.45, 2.75) is 44.7 Å². The van der Waals surface area contributed by atoms with Crippen LogP contribution in [0, 0.1) is 12.8 Å². The fourth-order valence-corrected chi connectivity index (χ4v) is 3.92. The monoisotopic (exact) mass is 374 g/mol. The third-order valence-corrected chi connectivity index (χ3v) is 5.68.